The first-order chi connectivity index (χ1) is 13.8. The van der Waals surface area contributed by atoms with Crippen molar-refractivity contribution in [2.75, 3.05) is 0 Å². The minimum atomic E-state index is -1.21. The fourth-order valence-electron chi connectivity index (χ4n) is 3.56. The molecule has 0 unspecified atom stereocenters. The molecule has 4 rings (SSSR count). The first kappa shape index (κ1) is 19.8. The van der Waals surface area contributed by atoms with E-state index in [0.717, 1.165) is 15.8 Å². The summed E-state index contributed by atoms with van der Waals surface area (Å²) in [5.74, 6) is -2.17. The number of benzene rings is 1. The first-order valence-corrected chi connectivity index (χ1v) is 10.3. The zero-order valence-electron chi connectivity index (χ0n) is 14.8. The van der Waals surface area contributed by atoms with Gasteiger partial charge < -0.3 is 20.7 Å². The number of aromatic nitrogens is 1. The van der Waals surface area contributed by atoms with Crippen molar-refractivity contribution in [3.05, 3.63) is 56.5 Å². The third-order valence-corrected chi connectivity index (χ3v) is 6.73. The number of halogens is 2. The van der Waals surface area contributed by atoms with Crippen LogP contribution < -0.4 is 10.6 Å². The summed E-state index contributed by atoms with van der Waals surface area (Å²) < 4.78 is 1.22. The van der Waals surface area contributed by atoms with Crippen LogP contribution in [0, 0.1) is 0 Å². The summed E-state index contributed by atoms with van der Waals surface area (Å²) in [5.41, 5.74) is 2.78. The van der Waals surface area contributed by atoms with E-state index in [0.29, 0.717) is 27.0 Å². The van der Waals surface area contributed by atoms with Crippen molar-refractivity contribution >= 4 is 62.5 Å². The van der Waals surface area contributed by atoms with Gasteiger partial charge in [-0.25, -0.2) is 0 Å². The molecule has 0 saturated carbocycles. The Labute approximate surface area is 179 Å². The molecule has 1 aliphatic rings. The van der Waals surface area contributed by atoms with Crippen LogP contribution in [0.3, 0.4) is 0 Å². The van der Waals surface area contributed by atoms with Gasteiger partial charge in [-0.05, 0) is 23.6 Å². The average molecular weight is 452 g/mol. The molecule has 0 radical (unpaired) electrons. The summed E-state index contributed by atoms with van der Waals surface area (Å²) in [6.07, 6.45) is -0.118. The monoisotopic (exact) mass is 451 g/mol. The smallest absolute Gasteiger partial charge is 0.312 e. The first-order valence-electron chi connectivity index (χ1n) is 8.70. The van der Waals surface area contributed by atoms with Crippen molar-refractivity contribution < 1.29 is 19.5 Å². The van der Waals surface area contributed by atoms with Crippen molar-refractivity contribution in [1.29, 1.82) is 0 Å². The molecule has 0 bridgehead atoms. The van der Waals surface area contributed by atoms with Crippen LogP contribution >= 0.6 is 34.5 Å². The molecule has 3 aromatic rings. The van der Waals surface area contributed by atoms with E-state index in [4.69, 9.17) is 28.3 Å². The van der Waals surface area contributed by atoms with Crippen molar-refractivity contribution in [3.8, 4) is 0 Å². The normalized spacial score (nSPS) is 17.9. The molecule has 150 valence electrons. The second-order valence-corrected chi connectivity index (χ2v) is 8.74. The Morgan fingerprint density at radius 1 is 1.21 bits per heavy atom. The van der Waals surface area contributed by atoms with Gasteiger partial charge in [0.25, 0.3) is 5.91 Å². The van der Waals surface area contributed by atoms with Gasteiger partial charge in [0, 0.05) is 0 Å². The Morgan fingerprint density at radius 3 is 2.69 bits per heavy atom. The molecule has 29 heavy (non-hydrogen) atoms. The maximum Gasteiger partial charge on any atom is 0.312 e. The number of carboxylic acid groups (broad SMARTS) is 1. The Kier molecular flexibility index (Phi) is 5.24. The van der Waals surface area contributed by atoms with E-state index in [1.165, 1.54) is 11.3 Å². The number of fused-ring (bicyclic) bond motifs is 2. The lowest BCUT2D eigenvalue weighted by Gasteiger charge is -2.22. The number of thiophene rings is 1. The van der Waals surface area contributed by atoms with Crippen LogP contribution in [0.5, 0.6) is 0 Å². The lowest BCUT2D eigenvalue weighted by Crippen LogP contribution is -2.44. The van der Waals surface area contributed by atoms with Gasteiger partial charge in [0.05, 0.1) is 27.3 Å². The number of aromatic amines is 1. The average Bonchev–Trinajstić information content (AvgIpc) is 3.29. The molecule has 2 aromatic heterocycles. The lowest BCUT2D eigenvalue weighted by atomic mass is 10.1. The van der Waals surface area contributed by atoms with Gasteiger partial charge in [0.1, 0.15) is 16.5 Å². The van der Waals surface area contributed by atoms with E-state index >= 15 is 0 Å². The zero-order valence-corrected chi connectivity index (χ0v) is 17.1. The van der Waals surface area contributed by atoms with Crippen LogP contribution in [0.25, 0.3) is 10.2 Å². The number of amides is 2. The van der Waals surface area contributed by atoms with Gasteiger partial charge in [-0.1, -0.05) is 47.5 Å². The number of aliphatic carboxylic acids is 1. The van der Waals surface area contributed by atoms with Crippen LogP contribution in [0.15, 0.2) is 30.3 Å². The molecule has 1 aromatic carbocycles. The molecule has 0 fully saturated rings. The standard InChI is InChI=1S/C19H15Cl2N3O4S/c20-15-17-12(29-18(15)21)6-11(22-17)19(28)23-10-5-8-3-1-2-4-9(8)16(10)24-13(25)7-14(26)27/h1-4,6,10,16,22H,5,7H2,(H,23,28)(H,24,25)(H,26,27)/t10-,16-/m1/s1. The summed E-state index contributed by atoms with van der Waals surface area (Å²) in [7, 11) is 0. The molecule has 4 N–H and O–H groups in total. The quantitative estimate of drug-likeness (QED) is 0.444. The second kappa shape index (κ2) is 7.70. The molecule has 7 nitrogen and oxygen atoms in total. The molecular formula is C19H15Cl2N3O4S. The zero-order chi connectivity index (χ0) is 20.7. The lowest BCUT2D eigenvalue weighted by molar-refractivity contribution is -0.140. The minimum Gasteiger partial charge on any atom is -0.481 e. The van der Waals surface area contributed by atoms with Gasteiger partial charge in [-0.3, -0.25) is 14.4 Å². The van der Waals surface area contributed by atoms with Gasteiger partial charge in [-0.2, -0.15) is 0 Å². The summed E-state index contributed by atoms with van der Waals surface area (Å²) in [5, 5.41) is 14.9. The topological polar surface area (TPSA) is 111 Å². The highest BCUT2D eigenvalue weighted by Gasteiger charge is 2.35. The maximum absolute atomic E-state index is 12.8. The third kappa shape index (κ3) is 3.83. The minimum absolute atomic E-state index is 0.330. The Morgan fingerprint density at radius 2 is 1.97 bits per heavy atom. The van der Waals surface area contributed by atoms with Crippen LogP contribution in [-0.2, 0) is 16.0 Å². The highest BCUT2D eigenvalue weighted by atomic mass is 35.5. The van der Waals surface area contributed by atoms with Crippen LogP contribution in [0.1, 0.15) is 34.1 Å². The maximum atomic E-state index is 12.8. The Bertz CT molecular complexity index is 1140. The highest BCUT2D eigenvalue weighted by Crippen LogP contribution is 2.39. The van der Waals surface area contributed by atoms with E-state index in [1.807, 2.05) is 24.3 Å². The van der Waals surface area contributed by atoms with E-state index < -0.39 is 30.4 Å². The fraction of sp³-hybridized carbons (Fsp3) is 0.211. The molecule has 2 heterocycles. The third-order valence-electron chi connectivity index (χ3n) is 4.79. The fourth-order valence-corrected chi connectivity index (χ4v) is 5.04. The Balaban J connectivity index is 1.56. The predicted octanol–water partition coefficient (Wildman–Crippen LogP) is 3.52. The molecular weight excluding hydrogens is 437 g/mol. The number of rotatable bonds is 5. The van der Waals surface area contributed by atoms with Crippen molar-refractivity contribution in [2.45, 2.75) is 24.9 Å². The van der Waals surface area contributed by atoms with Crippen LogP contribution in [0.2, 0.25) is 9.36 Å². The van der Waals surface area contributed by atoms with E-state index in [-0.39, 0.29) is 5.91 Å². The summed E-state index contributed by atoms with van der Waals surface area (Å²) >= 11 is 13.4. The summed E-state index contributed by atoms with van der Waals surface area (Å²) in [4.78, 5) is 38.6. The number of hydrogen-bond donors (Lipinski definition) is 4. The van der Waals surface area contributed by atoms with E-state index in [2.05, 4.69) is 15.6 Å². The Hall–Kier alpha value is -2.55. The van der Waals surface area contributed by atoms with Crippen LogP contribution in [0.4, 0.5) is 0 Å². The molecule has 2 amide bonds. The molecule has 0 saturated heterocycles. The van der Waals surface area contributed by atoms with E-state index in [9.17, 15) is 14.4 Å². The second-order valence-electron chi connectivity index (χ2n) is 6.71. The van der Waals surface area contributed by atoms with Gasteiger partial charge >= 0.3 is 5.97 Å². The molecule has 0 aliphatic heterocycles. The summed E-state index contributed by atoms with van der Waals surface area (Å²) in [6, 6.07) is 8.24. The SMILES string of the molecule is O=C(O)CC(=O)N[C@@H]1c2ccccc2C[C@H]1NC(=O)c1cc2sc(Cl)c(Cl)c2[nH]1. The largest absolute Gasteiger partial charge is 0.481 e. The van der Waals surface area contributed by atoms with Gasteiger partial charge in [0.15, 0.2) is 0 Å². The number of hydrogen-bond acceptors (Lipinski definition) is 4. The number of carbonyl (C=O) groups is 3. The molecule has 2 atom stereocenters. The van der Waals surface area contributed by atoms with Crippen molar-refractivity contribution in [3.63, 3.8) is 0 Å². The number of carboxylic acids is 1. The predicted molar refractivity (Wildman–Crippen MR) is 111 cm³/mol. The van der Waals surface area contributed by atoms with Crippen molar-refractivity contribution in [1.82, 2.24) is 15.6 Å². The van der Waals surface area contributed by atoms with E-state index in [1.54, 1.807) is 6.07 Å². The van der Waals surface area contributed by atoms with Gasteiger partial charge in [-0.15, -0.1) is 11.3 Å². The molecule has 0 spiro atoms. The summed E-state index contributed by atoms with van der Waals surface area (Å²) in [6.45, 7) is 0. The highest BCUT2D eigenvalue weighted by molar-refractivity contribution is 7.23. The molecule has 1 aliphatic carbocycles. The number of carbonyl (C=O) groups excluding carboxylic acids is 2. The van der Waals surface area contributed by atoms with Crippen molar-refractivity contribution in [2.24, 2.45) is 0 Å². The number of nitrogens with one attached hydrogen (secondary N) is 3. The van der Waals surface area contributed by atoms with Gasteiger partial charge in [0.2, 0.25) is 5.91 Å². The molecule has 10 heteroatoms. The number of H-pyrrole nitrogens is 1. The van der Waals surface area contributed by atoms with Crippen LogP contribution in [-0.4, -0.2) is 33.9 Å².